The van der Waals surface area contributed by atoms with Gasteiger partial charge in [-0.05, 0) is 38.8 Å². The lowest BCUT2D eigenvalue weighted by Gasteiger charge is -2.39. The van der Waals surface area contributed by atoms with E-state index in [1.807, 2.05) is 4.90 Å². The van der Waals surface area contributed by atoms with E-state index in [1.54, 1.807) is 36.9 Å². The summed E-state index contributed by atoms with van der Waals surface area (Å²) in [6.07, 6.45) is 1.99. The van der Waals surface area contributed by atoms with E-state index < -0.39 is 5.41 Å². The number of anilines is 1. The summed E-state index contributed by atoms with van der Waals surface area (Å²) >= 11 is 0. The fourth-order valence-electron chi connectivity index (χ4n) is 3.58. The molecule has 1 aromatic carbocycles. The van der Waals surface area contributed by atoms with Crippen LogP contribution in [0.4, 0.5) is 10.1 Å². The van der Waals surface area contributed by atoms with Gasteiger partial charge in [0.2, 0.25) is 11.8 Å². The monoisotopic (exact) mass is 377 g/mol. The third-order valence-corrected chi connectivity index (χ3v) is 5.38. The van der Waals surface area contributed by atoms with Crippen molar-refractivity contribution in [1.29, 1.82) is 0 Å². The van der Waals surface area contributed by atoms with Crippen LogP contribution in [-0.4, -0.2) is 62.1 Å². The highest BCUT2D eigenvalue weighted by molar-refractivity contribution is 6.04. The highest BCUT2D eigenvalue weighted by Crippen LogP contribution is 2.24. The first kappa shape index (κ1) is 19.6. The maximum atomic E-state index is 14.0. The second kappa shape index (κ2) is 8.25. The number of ether oxygens (including phenoxy) is 1. The fourth-order valence-corrected chi connectivity index (χ4v) is 3.58. The molecule has 1 N–H and O–H groups in total. The summed E-state index contributed by atoms with van der Waals surface area (Å²) in [6.45, 7) is 6.50. The van der Waals surface area contributed by atoms with E-state index in [-0.39, 0.29) is 23.7 Å². The van der Waals surface area contributed by atoms with Crippen molar-refractivity contribution in [2.24, 2.45) is 5.41 Å². The van der Waals surface area contributed by atoms with E-state index in [2.05, 4.69) is 5.32 Å². The van der Waals surface area contributed by atoms with E-state index in [0.29, 0.717) is 38.4 Å². The zero-order valence-electron chi connectivity index (χ0n) is 16.0. The molecule has 0 aromatic heterocycles. The van der Waals surface area contributed by atoms with Crippen LogP contribution in [0.2, 0.25) is 0 Å². The number of para-hydroxylation sites is 1. The second-order valence-corrected chi connectivity index (χ2v) is 7.70. The van der Waals surface area contributed by atoms with E-state index in [9.17, 15) is 14.0 Å². The minimum Gasteiger partial charge on any atom is -0.376 e. The van der Waals surface area contributed by atoms with Crippen LogP contribution in [0.3, 0.4) is 0 Å². The molecular formula is C20H28FN3O3. The van der Waals surface area contributed by atoms with Crippen molar-refractivity contribution in [2.45, 2.75) is 32.8 Å². The van der Waals surface area contributed by atoms with E-state index in [4.69, 9.17) is 4.74 Å². The molecule has 0 aliphatic carbocycles. The zero-order chi connectivity index (χ0) is 19.4. The minimum absolute atomic E-state index is 0.0455. The summed E-state index contributed by atoms with van der Waals surface area (Å²) in [6, 6.07) is 6.65. The number of amides is 2. The molecule has 7 heteroatoms. The van der Waals surface area contributed by atoms with Gasteiger partial charge in [0, 0.05) is 39.3 Å². The Bertz CT molecular complexity index is 681. The molecule has 2 saturated heterocycles. The lowest BCUT2D eigenvalue weighted by atomic mass is 9.89. The summed E-state index contributed by atoms with van der Waals surface area (Å²) < 4.78 is 19.5. The smallest absolute Gasteiger partial charge is 0.237 e. The van der Waals surface area contributed by atoms with Gasteiger partial charge in [-0.1, -0.05) is 12.1 Å². The van der Waals surface area contributed by atoms with Crippen LogP contribution in [0.5, 0.6) is 0 Å². The van der Waals surface area contributed by atoms with Gasteiger partial charge in [0.15, 0.2) is 0 Å². The summed E-state index contributed by atoms with van der Waals surface area (Å²) in [5, 5.41) is 2.86. The molecule has 0 spiro atoms. The van der Waals surface area contributed by atoms with Gasteiger partial charge < -0.3 is 19.9 Å². The van der Waals surface area contributed by atoms with E-state index in [0.717, 1.165) is 19.4 Å². The molecule has 0 bridgehead atoms. The van der Waals surface area contributed by atoms with Gasteiger partial charge in [0.1, 0.15) is 11.2 Å². The first-order valence-corrected chi connectivity index (χ1v) is 9.58. The Morgan fingerprint density at radius 1 is 1.22 bits per heavy atom. The van der Waals surface area contributed by atoms with Gasteiger partial charge in [-0.25, -0.2) is 4.39 Å². The predicted molar refractivity (Wildman–Crippen MR) is 101 cm³/mol. The number of piperazine rings is 1. The Labute approximate surface area is 159 Å². The molecular weight excluding hydrogens is 349 g/mol. The van der Waals surface area contributed by atoms with Crippen LogP contribution in [0, 0.1) is 11.2 Å². The van der Waals surface area contributed by atoms with Gasteiger partial charge >= 0.3 is 0 Å². The molecule has 2 fully saturated rings. The molecule has 2 amide bonds. The normalized spacial score (nSPS) is 20.6. The highest BCUT2D eigenvalue weighted by Gasteiger charge is 2.40. The van der Waals surface area contributed by atoms with Crippen molar-refractivity contribution in [3.05, 3.63) is 30.1 Å². The molecule has 1 atom stereocenters. The Morgan fingerprint density at radius 3 is 2.56 bits per heavy atom. The molecule has 0 radical (unpaired) electrons. The average molecular weight is 377 g/mol. The third-order valence-electron chi connectivity index (χ3n) is 5.38. The van der Waals surface area contributed by atoms with Crippen LogP contribution in [-0.2, 0) is 14.3 Å². The number of halogens is 1. The highest BCUT2D eigenvalue weighted by atomic mass is 19.1. The van der Waals surface area contributed by atoms with Crippen molar-refractivity contribution in [3.63, 3.8) is 0 Å². The fraction of sp³-hybridized carbons (Fsp3) is 0.600. The maximum absolute atomic E-state index is 14.0. The Balaban J connectivity index is 1.54. The lowest BCUT2D eigenvalue weighted by molar-refractivity contribution is -0.149. The van der Waals surface area contributed by atoms with Crippen LogP contribution in [0.1, 0.15) is 26.7 Å². The number of rotatable bonds is 5. The largest absolute Gasteiger partial charge is 0.376 e. The molecule has 2 aliphatic rings. The van der Waals surface area contributed by atoms with Crippen LogP contribution < -0.4 is 10.2 Å². The van der Waals surface area contributed by atoms with E-state index in [1.165, 1.54) is 6.07 Å². The number of carbonyl (C=O) groups excluding carboxylic acids is 2. The Morgan fingerprint density at radius 2 is 1.93 bits per heavy atom. The number of hydrogen-bond acceptors (Lipinski definition) is 4. The molecule has 1 aromatic rings. The average Bonchev–Trinajstić information content (AvgIpc) is 3.19. The minimum atomic E-state index is -1.14. The number of nitrogens with zero attached hydrogens (tertiary/aromatic N) is 2. The molecule has 2 heterocycles. The first-order chi connectivity index (χ1) is 12.9. The Kier molecular flexibility index (Phi) is 5.99. The van der Waals surface area contributed by atoms with Gasteiger partial charge in [-0.15, -0.1) is 0 Å². The van der Waals surface area contributed by atoms with Gasteiger partial charge in [-0.2, -0.15) is 0 Å². The summed E-state index contributed by atoms with van der Waals surface area (Å²) in [5.41, 5.74) is -0.586. The second-order valence-electron chi connectivity index (χ2n) is 7.70. The zero-order valence-corrected chi connectivity index (χ0v) is 16.0. The number of hydrogen-bond donors (Lipinski definition) is 1. The summed E-state index contributed by atoms with van der Waals surface area (Å²) in [7, 11) is 0. The maximum Gasteiger partial charge on any atom is 0.237 e. The molecule has 148 valence electrons. The molecule has 27 heavy (non-hydrogen) atoms. The van der Waals surface area contributed by atoms with Crippen molar-refractivity contribution in [3.8, 4) is 0 Å². The quantitative estimate of drug-likeness (QED) is 0.795. The molecule has 3 rings (SSSR count). The topological polar surface area (TPSA) is 61.9 Å². The molecule has 2 aliphatic heterocycles. The van der Waals surface area contributed by atoms with Crippen LogP contribution >= 0.6 is 0 Å². The van der Waals surface area contributed by atoms with Crippen LogP contribution in [0.25, 0.3) is 0 Å². The first-order valence-electron chi connectivity index (χ1n) is 9.58. The SMILES string of the molecule is CC(C)(C(=O)NCC1CCCO1)C(=O)N1CCN(c2ccccc2F)CC1. The van der Waals surface area contributed by atoms with Gasteiger partial charge in [-0.3, -0.25) is 9.59 Å². The van der Waals surface area contributed by atoms with Crippen molar-refractivity contribution in [2.75, 3.05) is 44.2 Å². The standard InChI is InChI=1S/C20H28FN3O3/c1-20(2,18(25)22-14-15-6-5-13-27-15)19(26)24-11-9-23(10-12-24)17-8-4-3-7-16(17)21/h3-4,7-8,15H,5-6,9-14H2,1-2H3,(H,22,25). The third kappa shape index (κ3) is 4.40. The molecule has 0 saturated carbocycles. The summed E-state index contributed by atoms with van der Waals surface area (Å²) in [5.74, 6) is -0.730. The predicted octanol–water partition coefficient (Wildman–Crippen LogP) is 1.80. The number of carbonyl (C=O) groups is 2. The van der Waals surface area contributed by atoms with Gasteiger partial charge in [0.25, 0.3) is 0 Å². The number of nitrogens with one attached hydrogen (secondary N) is 1. The van der Waals surface area contributed by atoms with Crippen molar-refractivity contribution >= 4 is 17.5 Å². The van der Waals surface area contributed by atoms with Crippen molar-refractivity contribution in [1.82, 2.24) is 10.2 Å². The van der Waals surface area contributed by atoms with Crippen molar-refractivity contribution < 1.29 is 18.7 Å². The van der Waals surface area contributed by atoms with E-state index >= 15 is 0 Å². The van der Waals surface area contributed by atoms with Gasteiger partial charge in [0.05, 0.1) is 11.8 Å². The number of benzene rings is 1. The Hall–Kier alpha value is -2.15. The van der Waals surface area contributed by atoms with Crippen LogP contribution in [0.15, 0.2) is 24.3 Å². The molecule has 6 nitrogen and oxygen atoms in total. The lowest BCUT2D eigenvalue weighted by Crippen LogP contribution is -2.56. The molecule has 1 unspecified atom stereocenters. The summed E-state index contributed by atoms with van der Waals surface area (Å²) in [4.78, 5) is 29.1.